The Kier molecular flexibility index (Phi) is 5.74. The number of piperazine rings is 1. The maximum Gasteiger partial charge on any atom is 0.434 e. The molecule has 1 atom stereocenters. The smallest absolute Gasteiger partial charge is 0.434 e. The summed E-state index contributed by atoms with van der Waals surface area (Å²) in [7, 11) is 0. The Morgan fingerprint density at radius 1 is 1.30 bits per heavy atom. The number of amides is 1. The lowest BCUT2D eigenvalue weighted by molar-refractivity contribution is -0.142. The molecule has 1 fully saturated rings. The van der Waals surface area contributed by atoms with Crippen molar-refractivity contribution in [3.8, 4) is 0 Å². The standard InChI is InChI=1S/C15H18ClF3N4O4/c1-14(2,3)27-13(26)22-4-5-23(8(7-22)12(24)25)11-10(16)21-9(6-20-11)15(17,18)19/h6,8H,4-5,7H2,1-3H3,(H,24,25). The molecule has 1 unspecified atom stereocenters. The Labute approximate surface area is 157 Å². The third kappa shape index (κ3) is 5.12. The van der Waals surface area contributed by atoms with Crippen molar-refractivity contribution < 1.29 is 32.6 Å². The van der Waals surface area contributed by atoms with E-state index in [2.05, 4.69) is 9.97 Å². The Bertz CT molecular complexity index is 739. The molecule has 1 aromatic rings. The monoisotopic (exact) mass is 410 g/mol. The van der Waals surface area contributed by atoms with Gasteiger partial charge in [0.15, 0.2) is 16.7 Å². The summed E-state index contributed by atoms with van der Waals surface area (Å²) in [5.41, 5.74) is -2.04. The minimum Gasteiger partial charge on any atom is -0.480 e. The Balaban J connectivity index is 2.24. The van der Waals surface area contributed by atoms with Crippen LogP contribution in [0.3, 0.4) is 0 Å². The Hall–Kier alpha value is -2.30. The summed E-state index contributed by atoms with van der Waals surface area (Å²) >= 11 is 5.81. The van der Waals surface area contributed by atoms with Crippen LogP contribution in [0.4, 0.5) is 23.8 Å². The fourth-order valence-corrected chi connectivity index (χ4v) is 2.68. The zero-order valence-electron chi connectivity index (χ0n) is 14.7. The molecule has 0 spiro atoms. The van der Waals surface area contributed by atoms with Crippen LogP contribution < -0.4 is 4.90 Å². The summed E-state index contributed by atoms with van der Waals surface area (Å²) < 4.78 is 43.3. The molecule has 2 rings (SSSR count). The molecule has 0 radical (unpaired) electrons. The first-order chi connectivity index (χ1) is 12.3. The van der Waals surface area contributed by atoms with Crippen molar-refractivity contribution in [3.05, 3.63) is 17.0 Å². The maximum atomic E-state index is 12.7. The molecule has 0 bridgehead atoms. The Morgan fingerprint density at radius 3 is 2.41 bits per heavy atom. The van der Waals surface area contributed by atoms with Gasteiger partial charge in [-0.1, -0.05) is 11.6 Å². The lowest BCUT2D eigenvalue weighted by Gasteiger charge is -2.40. The number of halogens is 4. The first-order valence-corrected chi connectivity index (χ1v) is 8.24. The van der Waals surface area contributed by atoms with Crippen LogP contribution in [0.15, 0.2) is 6.20 Å². The predicted octanol–water partition coefficient (Wildman–Crippen LogP) is 2.66. The second-order valence-corrected chi connectivity index (χ2v) is 7.20. The van der Waals surface area contributed by atoms with Gasteiger partial charge < -0.3 is 19.6 Å². The molecular weight excluding hydrogens is 393 g/mol. The van der Waals surface area contributed by atoms with Gasteiger partial charge in [0.25, 0.3) is 0 Å². The predicted molar refractivity (Wildman–Crippen MR) is 88.6 cm³/mol. The molecule has 1 N–H and O–H groups in total. The summed E-state index contributed by atoms with van der Waals surface area (Å²) in [6, 6.07) is -1.27. The number of rotatable bonds is 2. The van der Waals surface area contributed by atoms with Gasteiger partial charge >= 0.3 is 18.2 Å². The van der Waals surface area contributed by atoms with Crippen LogP contribution in [-0.2, 0) is 15.7 Å². The van der Waals surface area contributed by atoms with Crippen molar-refractivity contribution in [1.29, 1.82) is 0 Å². The molecule has 0 aliphatic carbocycles. The second-order valence-electron chi connectivity index (χ2n) is 6.84. The second kappa shape index (κ2) is 7.37. The van der Waals surface area contributed by atoms with E-state index in [4.69, 9.17) is 16.3 Å². The first-order valence-electron chi connectivity index (χ1n) is 7.86. The number of anilines is 1. The quantitative estimate of drug-likeness (QED) is 0.800. The number of hydrogen-bond acceptors (Lipinski definition) is 6. The number of nitrogens with zero attached hydrogens (tertiary/aromatic N) is 4. The van der Waals surface area contributed by atoms with Crippen molar-refractivity contribution >= 4 is 29.5 Å². The van der Waals surface area contributed by atoms with Crippen LogP contribution in [0, 0.1) is 0 Å². The van der Waals surface area contributed by atoms with Crippen molar-refractivity contribution in [2.24, 2.45) is 0 Å². The fraction of sp³-hybridized carbons (Fsp3) is 0.600. The summed E-state index contributed by atoms with van der Waals surface area (Å²) in [5, 5.41) is 8.92. The van der Waals surface area contributed by atoms with Gasteiger partial charge in [0.2, 0.25) is 0 Å². The van der Waals surface area contributed by atoms with E-state index in [9.17, 15) is 27.9 Å². The van der Waals surface area contributed by atoms with Crippen molar-refractivity contribution in [2.75, 3.05) is 24.5 Å². The molecule has 1 aliphatic heterocycles. The highest BCUT2D eigenvalue weighted by molar-refractivity contribution is 6.31. The zero-order valence-corrected chi connectivity index (χ0v) is 15.5. The number of aromatic nitrogens is 2. The average Bonchev–Trinajstić information content (AvgIpc) is 2.51. The number of carbonyl (C=O) groups is 2. The van der Waals surface area contributed by atoms with Gasteiger partial charge in [-0.2, -0.15) is 13.2 Å². The molecule has 12 heteroatoms. The SMILES string of the molecule is CC(C)(C)OC(=O)N1CCN(c2ncc(C(F)(F)F)nc2Cl)C(C(=O)O)C1. The molecule has 1 saturated heterocycles. The van der Waals surface area contributed by atoms with Gasteiger partial charge in [0.05, 0.1) is 12.7 Å². The number of alkyl halides is 3. The number of carboxylic acids is 1. The van der Waals surface area contributed by atoms with Crippen molar-refractivity contribution in [2.45, 2.75) is 38.6 Å². The maximum absolute atomic E-state index is 12.7. The van der Waals surface area contributed by atoms with Crippen LogP contribution in [0.5, 0.6) is 0 Å². The molecule has 1 amide bonds. The van der Waals surface area contributed by atoms with E-state index in [1.54, 1.807) is 20.8 Å². The van der Waals surface area contributed by atoms with Gasteiger partial charge in [0.1, 0.15) is 11.6 Å². The van der Waals surface area contributed by atoms with E-state index in [0.717, 1.165) is 0 Å². The van der Waals surface area contributed by atoms with Gasteiger partial charge in [0, 0.05) is 13.1 Å². The topological polar surface area (TPSA) is 95.9 Å². The number of carbonyl (C=O) groups excluding carboxylic acids is 1. The number of hydrogen-bond donors (Lipinski definition) is 1. The number of ether oxygens (including phenoxy) is 1. The fourth-order valence-electron chi connectivity index (χ4n) is 2.43. The molecule has 1 aliphatic rings. The van der Waals surface area contributed by atoms with Crippen LogP contribution in [0.25, 0.3) is 0 Å². The lowest BCUT2D eigenvalue weighted by Crippen LogP contribution is -2.58. The minimum atomic E-state index is -4.73. The van der Waals surface area contributed by atoms with Crippen molar-refractivity contribution in [1.82, 2.24) is 14.9 Å². The van der Waals surface area contributed by atoms with E-state index < -0.39 is 40.7 Å². The Morgan fingerprint density at radius 2 is 1.93 bits per heavy atom. The molecule has 27 heavy (non-hydrogen) atoms. The van der Waals surface area contributed by atoms with Gasteiger partial charge in [-0.15, -0.1) is 0 Å². The van der Waals surface area contributed by atoms with Gasteiger partial charge in [-0.05, 0) is 20.8 Å². The largest absolute Gasteiger partial charge is 0.480 e. The summed E-state index contributed by atoms with van der Waals surface area (Å²) in [6.07, 6.45) is -4.92. The summed E-state index contributed by atoms with van der Waals surface area (Å²) in [4.78, 5) is 33.1. The lowest BCUT2D eigenvalue weighted by atomic mass is 10.1. The normalized spacial score (nSPS) is 18.4. The first kappa shape index (κ1) is 21.0. The van der Waals surface area contributed by atoms with Crippen LogP contribution in [0.1, 0.15) is 26.5 Å². The van der Waals surface area contributed by atoms with Crippen LogP contribution in [-0.4, -0.2) is 63.3 Å². The van der Waals surface area contributed by atoms with E-state index in [-0.39, 0.29) is 25.5 Å². The van der Waals surface area contributed by atoms with Crippen LogP contribution >= 0.6 is 11.6 Å². The van der Waals surface area contributed by atoms with E-state index in [0.29, 0.717) is 6.20 Å². The van der Waals surface area contributed by atoms with Crippen LogP contribution in [0.2, 0.25) is 5.15 Å². The van der Waals surface area contributed by atoms with Gasteiger partial charge in [-0.3, -0.25) is 0 Å². The van der Waals surface area contributed by atoms with E-state index >= 15 is 0 Å². The van der Waals surface area contributed by atoms with E-state index in [1.807, 2.05) is 0 Å². The summed E-state index contributed by atoms with van der Waals surface area (Å²) in [6.45, 7) is 4.84. The third-order valence-electron chi connectivity index (χ3n) is 3.59. The van der Waals surface area contributed by atoms with Crippen molar-refractivity contribution in [3.63, 3.8) is 0 Å². The minimum absolute atomic E-state index is 0.0179. The average molecular weight is 411 g/mol. The molecule has 0 saturated carbocycles. The molecule has 2 heterocycles. The molecule has 1 aromatic heterocycles. The highest BCUT2D eigenvalue weighted by Gasteiger charge is 2.39. The molecular formula is C15H18ClF3N4O4. The summed E-state index contributed by atoms with van der Waals surface area (Å²) in [5.74, 6) is -1.48. The highest BCUT2D eigenvalue weighted by atomic mass is 35.5. The highest BCUT2D eigenvalue weighted by Crippen LogP contribution is 2.32. The van der Waals surface area contributed by atoms with Gasteiger partial charge in [-0.25, -0.2) is 19.6 Å². The van der Waals surface area contributed by atoms with E-state index in [1.165, 1.54) is 9.80 Å². The molecule has 8 nitrogen and oxygen atoms in total. The zero-order chi connectivity index (χ0) is 20.6. The number of aliphatic carboxylic acids is 1. The third-order valence-corrected chi connectivity index (χ3v) is 3.85. The molecule has 150 valence electrons. The molecule has 0 aromatic carbocycles. The number of carboxylic acid groups (broad SMARTS) is 1.